The van der Waals surface area contributed by atoms with Crippen LogP contribution in [-0.4, -0.2) is 36.6 Å². The lowest BCUT2D eigenvalue weighted by atomic mass is 10.1. The van der Waals surface area contributed by atoms with E-state index in [1.807, 2.05) is 60.8 Å². The van der Waals surface area contributed by atoms with Crippen LogP contribution < -0.4 is 10.9 Å². The number of H-pyrrole nitrogens is 1. The van der Waals surface area contributed by atoms with E-state index in [0.717, 1.165) is 28.3 Å². The summed E-state index contributed by atoms with van der Waals surface area (Å²) in [5.74, 6) is 0.527. The van der Waals surface area contributed by atoms with Crippen LogP contribution in [0, 0.1) is 18.6 Å². The van der Waals surface area contributed by atoms with Gasteiger partial charge in [0.05, 0.1) is 16.6 Å². The second kappa shape index (κ2) is 8.68. The largest absolute Gasteiger partial charge is 0.352 e. The molecule has 0 unspecified atom stereocenters. The summed E-state index contributed by atoms with van der Waals surface area (Å²) in [6, 6.07) is 16.4. The molecule has 1 amide bonds. The van der Waals surface area contributed by atoms with Gasteiger partial charge in [-0.1, -0.05) is 18.2 Å². The molecule has 0 saturated carbocycles. The zero-order valence-corrected chi connectivity index (χ0v) is 19.5. The van der Waals surface area contributed by atoms with Gasteiger partial charge in [0.25, 0.3) is 11.5 Å². The van der Waals surface area contributed by atoms with Gasteiger partial charge in [-0.05, 0) is 73.6 Å². The lowest BCUT2D eigenvalue weighted by molar-refractivity contribution is 0.0954. The Hall–Kier alpha value is -4.11. The molecule has 2 N–H and O–H groups in total. The van der Waals surface area contributed by atoms with Crippen molar-refractivity contribution in [1.29, 1.82) is 0 Å². The van der Waals surface area contributed by atoms with Crippen molar-refractivity contribution in [1.82, 2.24) is 29.5 Å². The second-order valence-corrected chi connectivity index (χ2v) is 8.49. The van der Waals surface area contributed by atoms with Crippen LogP contribution in [0.25, 0.3) is 22.2 Å². The Morgan fingerprint density at radius 1 is 1.09 bits per heavy atom. The molecule has 34 heavy (non-hydrogen) atoms. The molecule has 0 aliphatic carbocycles. The van der Waals surface area contributed by atoms with Gasteiger partial charge < -0.3 is 10.3 Å². The number of aromatic nitrogens is 5. The number of hydrogen-bond donors (Lipinski definition) is 2. The fourth-order valence-corrected chi connectivity index (χ4v) is 4.30. The number of aromatic amines is 1. The number of hydrogen-bond acceptors (Lipinski definition) is 5. The van der Waals surface area contributed by atoms with Crippen molar-refractivity contribution in [3.05, 3.63) is 98.4 Å². The number of rotatable bonds is 5. The number of nitrogens with zero attached hydrogens (tertiary/aromatic N) is 4. The third-order valence-corrected chi connectivity index (χ3v) is 6.28. The van der Waals surface area contributed by atoms with Gasteiger partial charge >= 0.3 is 0 Å². The van der Waals surface area contributed by atoms with Gasteiger partial charge in [0.1, 0.15) is 5.82 Å². The number of benzene rings is 2. The Morgan fingerprint density at radius 3 is 2.79 bits per heavy atom. The Labute approximate surface area is 199 Å². The smallest absolute Gasteiger partial charge is 0.266 e. The first-order valence-corrected chi connectivity index (χ1v) is 11.3. The summed E-state index contributed by atoms with van der Waals surface area (Å²) in [7, 11) is 0. The zero-order chi connectivity index (χ0) is 23.8. The van der Waals surface area contributed by atoms with Crippen LogP contribution in [0.5, 0.6) is 0 Å². The Morgan fingerprint density at radius 2 is 1.94 bits per heavy atom. The summed E-state index contributed by atoms with van der Waals surface area (Å²) in [5, 5.41) is 11.7. The molecule has 5 aromatic rings. The number of carbonyl (C=O) groups excluding carboxylic acids is 1. The highest BCUT2D eigenvalue weighted by Crippen LogP contribution is 2.18. The van der Waals surface area contributed by atoms with E-state index >= 15 is 0 Å². The molecule has 5 rings (SSSR count). The number of carbonyl (C=O) groups is 1. The van der Waals surface area contributed by atoms with Crippen LogP contribution in [0.1, 0.15) is 27.3 Å². The maximum Gasteiger partial charge on any atom is 0.266 e. The monoisotopic (exact) mass is 470 g/mol. The quantitative estimate of drug-likeness (QED) is 0.382. The highest BCUT2D eigenvalue weighted by Gasteiger charge is 2.13. The molecule has 9 heteroatoms. The van der Waals surface area contributed by atoms with E-state index in [1.165, 1.54) is 4.57 Å². The predicted octanol–water partition coefficient (Wildman–Crippen LogP) is 3.68. The Bertz CT molecular complexity index is 1680. The van der Waals surface area contributed by atoms with Crippen molar-refractivity contribution >= 4 is 34.7 Å². The summed E-state index contributed by atoms with van der Waals surface area (Å²) in [5.41, 5.74) is 4.31. The second-order valence-electron chi connectivity index (χ2n) is 8.10. The van der Waals surface area contributed by atoms with E-state index in [4.69, 9.17) is 12.2 Å². The van der Waals surface area contributed by atoms with Crippen molar-refractivity contribution in [3.8, 4) is 5.69 Å². The fourth-order valence-electron chi connectivity index (χ4n) is 4.01. The molecule has 0 aliphatic rings. The van der Waals surface area contributed by atoms with E-state index in [9.17, 15) is 9.59 Å². The van der Waals surface area contributed by atoms with Crippen LogP contribution in [0.4, 0.5) is 0 Å². The van der Waals surface area contributed by atoms with Gasteiger partial charge in [-0.3, -0.25) is 18.6 Å². The molecule has 0 spiro atoms. The minimum atomic E-state index is -0.242. The lowest BCUT2D eigenvalue weighted by Gasteiger charge is -2.13. The van der Waals surface area contributed by atoms with Gasteiger partial charge in [0.15, 0.2) is 10.4 Å². The normalized spacial score (nSPS) is 11.2. The minimum absolute atomic E-state index is 0.224. The Kier molecular flexibility index (Phi) is 5.54. The van der Waals surface area contributed by atoms with Crippen LogP contribution in [0.2, 0.25) is 0 Å². The van der Waals surface area contributed by atoms with E-state index in [2.05, 4.69) is 20.5 Å². The maximum atomic E-state index is 13.3. The van der Waals surface area contributed by atoms with E-state index in [-0.39, 0.29) is 16.2 Å². The van der Waals surface area contributed by atoms with Crippen molar-refractivity contribution < 1.29 is 4.79 Å². The minimum Gasteiger partial charge on any atom is -0.352 e. The van der Waals surface area contributed by atoms with Gasteiger partial charge in [0, 0.05) is 24.7 Å². The number of amides is 1. The molecular formula is C25H22N6O2S. The molecule has 3 aromatic heterocycles. The summed E-state index contributed by atoms with van der Waals surface area (Å²) in [6.07, 6.45) is 2.43. The molecule has 0 radical (unpaired) electrons. The average molecular weight is 471 g/mol. The summed E-state index contributed by atoms with van der Waals surface area (Å²) in [4.78, 5) is 29.1. The molecule has 8 nitrogen and oxygen atoms in total. The summed E-state index contributed by atoms with van der Waals surface area (Å²) in [6.45, 7) is 4.36. The van der Waals surface area contributed by atoms with Crippen LogP contribution >= 0.6 is 12.2 Å². The lowest BCUT2D eigenvalue weighted by Crippen LogP contribution is -2.26. The van der Waals surface area contributed by atoms with Gasteiger partial charge in [-0.25, -0.2) is 0 Å². The highest BCUT2D eigenvalue weighted by molar-refractivity contribution is 7.71. The number of aryl methyl sites for hydroxylation is 1. The molecule has 0 fully saturated rings. The molecule has 0 saturated heterocycles. The van der Waals surface area contributed by atoms with Crippen molar-refractivity contribution in [2.24, 2.45) is 0 Å². The van der Waals surface area contributed by atoms with Crippen molar-refractivity contribution in [3.63, 3.8) is 0 Å². The summed E-state index contributed by atoms with van der Waals surface area (Å²) < 4.78 is 3.67. The third kappa shape index (κ3) is 3.80. The van der Waals surface area contributed by atoms with E-state index in [0.29, 0.717) is 29.4 Å². The van der Waals surface area contributed by atoms with Crippen molar-refractivity contribution in [2.45, 2.75) is 20.3 Å². The predicted molar refractivity (Wildman–Crippen MR) is 133 cm³/mol. The first-order chi connectivity index (χ1) is 16.4. The zero-order valence-electron chi connectivity index (χ0n) is 18.7. The molecular weight excluding hydrogens is 448 g/mol. The van der Waals surface area contributed by atoms with Gasteiger partial charge in [0.2, 0.25) is 0 Å². The topological polar surface area (TPSA) is 97.1 Å². The first kappa shape index (κ1) is 21.7. The number of fused-ring (bicyclic) bond motifs is 2. The molecule has 0 atom stereocenters. The SMILES string of the molecule is Cc1cccc(-n2c(=S)[nH]c3cc(C(=O)NCCc4nnc5ccccn45)ccc3c2=O)c1C. The van der Waals surface area contributed by atoms with Gasteiger partial charge in [-0.2, -0.15) is 0 Å². The fraction of sp³-hybridized carbons (Fsp3) is 0.160. The molecule has 2 aromatic carbocycles. The van der Waals surface area contributed by atoms with E-state index < -0.39 is 0 Å². The standard InChI is InChI=1S/C25H22N6O2S/c1-15-6-5-7-20(16(15)2)31-24(33)18-10-9-17(14-19(18)27-25(31)34)23(32)26-12-11-22-29-28-21-8-3-4-13-30(21)22/h3-10,13-14H,11-12H2,1-2H3,(H,26,32)(H,27,34). The molecule has 0 aliphatic heterocycles. The van der Waals surface area contributed by atoms with Crippen molar-refractivity contribution in [2.75, 3.05) is 6.54 Å². The van der Waals surface area contributed by atoms with E-state index in [1.54, 1.807) is 18.2 Å². The third-order valence-electron chi connectivity index (χ3n) is 6.00. The first-order valence-electron chi connectivity index (χ1n) is 10.9. The van der Waals surface area contributed by atoms with Gasteiger partial charge in [-0.15, -0.1) is 10.2 Å². The molecule has 170 valence electrons. The maximum absolute atomic E-state index is 13.3. The summed E-state index contributed by atoms with van der Waals surface area (Å²) >= 11 is 5.51. The van der Waals surface area contributed by atoms with Crippen LogP contribution in [0.3, 0.4) is 0 Å². The molecule has 0 bridgehead atoms. The molecule has 3 heterocycles. The Balaban J connectivity index is 1.39. The number of pyridine rings is 1. The van der Waals surface area contributed by atoms with Crippen LogP contribution in [0.15, 0.2) is 65.6 Å². The number of nitrogens with one attached hydrogen (secondary N) is 2. The average Bonchev–Trinajstić information content (AvgIpc) is 3.24. The highest BCUT2D eigenvalue weighted by atomic mass is 32.1. The van der Waals surface area contributed by atoms with Crippen LogP contribution in [-0.2, 0) is 6.42 Å².